The maximum Gasteiger partial charge on any atom is 0.275 e. The fourth-order valence-corrected chi connectivity index (χ4v) is 3.81. The summed E-state index contributed by atoms with van der Waals surface area (Å²) < 4.78 is 13.3. The van der Waals surface area contributed by atoms with E-state index >= 15 is 0 Å². The highest BCUT2D eigenvalue weighted by Crippen LogP contribution is 2.45. The minimum absolute atomic E-state index is 0.0575. The third-order valence-electron chi connectivity index (χ3n) is 3.45. The number of rotatable bonds is 3. The standard InChI is InChI=1S/C15H10ClFN2O3S/c16-11-7-9(5-6-12(11)17)18-14(20)8-23-15(18)10-3-1-2-4-13(10)19(21)22/h1-7,15H,8H2/t15-/m1/s1. The summed E-state index contributed by atoms with van der Waals surface area (Å²) in [6.45, 7) is 0. The SMILES string of the molecule is O=C1CS[C@H](c2ccccc2[N+](=O)[O-])N1c1ccc(F)c(Cl)c1. The molecule has 0 aromatic heterocycles. The molecule has 0 radical (unpaired) electrons. The van der Waals surface area contributed by atoms with Crippen LogP contribution in [0.3, 0.4) is 0 Å². The molecule has 1 atom stereocenters. The van der Waals surface area contributed by atoms with Gasteiger partial charge in [0, 0.05) is 11.8 Å². The molecule has 0 aliphatic carbocycles. The van der Waals surface area contributed by atoms with Crippen molar-refractivity contribution in [2.24, 2.45) is 0 Å². The number of nitro benzene ring substituents is 1. The normalized spacial score (nSPS) is 17.6. The molecule has 0 unspecified atom stereocenters. The van der Waals surface area contributed by atoms with Crippen LogP contribution in [-0.4, -0.2) is 16.6 Å². The summed E-state index contributed by atoms with van der Waals surface area (Å²) in [5.41, 5.74) is 0.779. The lowest BCUT2D eigenvalue weighted by molar-refractivity contribution is -0.385. The van der Waals surface area contributed by atoms with Gasteiger partial charge in [0.15, 0.2) is 0 Å². The van der Waals surface area contributed by atoms with Gasteiger partial charge in [-0.05, 0) is 24.3 Å². The fourth-order valence-electron chi connectivity index (χ4n) is 2.43. The first kappa shape index (κ1) is 15.8. The van der Waals surface area contributed by atoms with E-state index in [2.05, 4.69) is 0 Å². The number of para-hydroxylation sites is 1. The summed E-state index contributed by atoms with van der Waals surface area (Å²) >= 11 is 7.07. The number of anilines is 1. The van der Waals surface area contributed by atoms with Crippen LogP contribution in [0.15, 0.2) is 42.5 Å². The molecule has 1 saturated heterocycles. The Morgan fingerprint density at radius 1 is 1.30 bits per heavy atom. The maximum absolute atomic E-state index is 13.3. The van der Waals surface area contributed by atoms with Gasteiger partial charge in [-0.15, -0.1) is 11.8 Å². The summed E-state index contributed by atoms with van der Waals surface area (Å²) in [4.78, 5) is 24.4. The van der Waals surface area contributed by atoms with Crippen molar-refractivity contribution in [2.75, 3.05) is 10.7 Å². The smallest absolute Gasteiger partial charge is 0.275 e. The van der Waals surface area contributed by atoms with Crippen molar-refractivity contribution in [1.82, 2.24) is 0 Å². The third kappa shape index (κ3) is 2.89. The second kappa shape index (κ2) is 6.17. The zero-order valence-corrected chi connectivity index (χ0v) is 13.2. The molecule has 1 aliphatic heterocycles. The van der Waals surface area contributed by atoms with Crippen LogP contribution in [-0.2, 0) is 4.79 Å². The molecule has 0 saturated carbocycles. The van der Waals surface area contributed by atoms with Gasteiger partial charge in [0.2, 0.25) is 5.91 Å². The van der Waals surface area contributed by atoms with Gasteiger partial charge >= 0.3 is 0 Å². The quantitative estimate of drug-likeness (QED) is 0.614. The number of carbonyl (C=O) groups excluding carboxylic acids is 1. The first-order valence-corrected chi connectivity index (χ1v) is 8.03. The van der Waals surface area contributed by atoms with Crippen LogP contribution in [0.1, 0.15) is 10.9 Å². The Morgan fingerprint density at radius 2 is 2.04 bits per heavy atom. The highest BCUT2D eigenvalue weighted by atomic mass is 35.5. The zero-order valence-electron chi connectivity index (χ0n) is 11.6. The average Bonchev–Trinajstić information content (AvgIpc) is 2.91. The van der Waals surface area contributed by atoms with Crippen LogP contribution in [0.2, 0.25) is 5.02 Å². The monoisotopic (exact) mass is 352 g/mol. The van der Waals surface area contributed by atoms with Crippen molar-refractivity contribution in [2.45, 2.75) is 5.37 Å². The Bertz CT molecular complexity index is 802. The zero-order chi connectivity index (χ0) is 16.6. The molecule has 1 fully saturated rings. The van der Waals surface area contributed by atoms with E-state index in [4.69, 9.17) is 11.6 Å². The average molecular weight is 353 g/mol. The molecule has 1 amide bonds. The van der Waals surface area contributed by atoms with Crippen molar-refractivity contribution in [3.05, 3.63) is 69.0 Å². The van der Waals surface area contributed by atoms with Gasteiger partial charge in [-0.25, -0.2) is 4.39 Å². The molecule has 0 bridgehead atoms. The van der Waals surface area contributed by atoms with E-state index in [0.29, 0.717) is 11.3 Å². The first-order valence-electron chi connectivity index (χ1n) is 6.61. The van der Waals surface area contributed by atoms with Gasteiger partial charge in [0.25, 0.3) is 5.69 Å². The van der Waals surface area contributed by atoms with Crippen molar-refractivity contribution >= 4 is 40.6 Å². The van der Waals surface area contributed by atoms with Crippen LogP contribution >= 0.6 is 23.4 Å². The molecule has 1 heterocycles. The number of thioether (sulfide) groups is 1. The van der Waals surface area contributed by atoms with Gasteiger partial charge < -0.3 is 0 Å². The summed E-state index contributed by atoms with van der Waals surface area (Å²) in [7, 11) is 0. The van der Waals surface area contributed by atoms with Gasteiger partial charge in [0.05, 0.1) is 21.3 Å². The summed E-state index contributed by atoms with van der Waals surface area (Å²) in [6.07, 6.45) is 0. The van der Waals surface area contributed by atoms with Gasteiger partial charge in [0.1, 0.15) is 11.2 Å². The number of hydrogen-bond donors (Lipinski definition) is 0. The van der Waals surface area contributed by atoms with Crippen molar-refractivity contribution in [1.29, 1.82) is 0 Å². The summed E-state index contributed by atoms with van der Waals surface area (Å²) in [6, 6.07) is 10.2. The van der Waals surface area contributed by atoms with Crippen LogP contribution in [0.5, 0.6) is 0 Å². The number of amides is 1. The van der Waals surface area contributed by atoms with Crippen LogP contribution in [0.25, 0.3) is 0 Å². The second-order valence-electron chi connectivity index (χ2n) is 4.84. The van der Waals surface area contributed by atoms with E-state index in [1.807, 2.05) is 0 Å². The molecule has 23 heavy (non-hydrogen) atoms. The molecule has 5 nitrogen and oxygen atoms in total. The number of halogens is 2. The van der Waals surface area contributed by atoms with Gasteiger partial charge in [-0.3, -0.25) is 19.8 Å². The minimum atomic E-state index is -0.586. The molecular weight excluding hydrogens is 343 g/mol. The van der Waals surface area contributed by atoms with E-state index in [-0.39, 0.29) is 22.4 Å². The molecule has 0 N–H and O–H groups in total. The highest BCUT2D eigenvalue weighted by Gasteiger charge is 2.37. The number of carbonyl (C=O) groups is 1. The lowest BCUT2D eigenvalue weighted by Crippen LogP contribution is -2.28. The molecule has 0 spiro atoms. The topological polar surface area (TPSA) is 63.4 Å². The molecule has 3 rings (SSSR count). The summed E-state index contributed by atoms with van der Waals surface area (Å²) in [5.74, 6) is -0.607. The molecular formula is C15H10ClFN2O3S. The Morgan fingerprint density at radius 3 is 2.74 bits per heavy atom. The Kier molecular flexibility index (Phi) is 4.23. The maximum atomic E-state index is 13.3. The molecule has 2 aromatic rings. The Hall–Kier alpha value is -2.12. The highest BCUT2D eigenvalue weighted by molar-refractivity contribution is 8.00. The minimum Gasteiger partial charge on any atom is -0.295 e. The lowest BCUT2D eigenvalue weighted by atomic mass is 10.1. The lowest BCUT2D eigenvalue weighted by Gasteiger charge is -2.24. The number of nitrogens with zero attached hydrogens (tertiary/aromatic N) is 2. The van der Waals surface area contributed by atoms with E-state index in [9.17, 15) is 19.3 Å². The van der Waals surface area contributed by atoms with Crippen LogP contribution in [0, 0.1) is 15.9 Å². The predicted octanol–water partition coefficient (Wildman–Crippen LogP) is 4.17. The number of hydrogen-bond acceptors (Lipinski definition) is 4. The predicted molar refractivity (Wildman–Crippen MR) is 87.2 cm³/mol. The molecule has 2 aromatic carbocycles. The summed E-state index contributed by atoms with van der Waals surface area (Å²) in [5, 5.41) is 10.6. The van der Waals surface area contributed by atoms with E-state index in [1.165, 1.54) is 40.9 Å². The van der Waals surface area contributed by atoms with Crippen molar-refractivity contribution in [3.63, 3.8) is 0 Å². The van der Waals surface area contributed by atoms with E-state index < -0.39 is 16.1 Å². The largest absolute Gasteiger partial charge is 0.295 e. The second-order valence-corrected chi connectivity index (χ2v) is 6.32. The number of nitro groups is 1. The van der Waals surface area contributed by atoms with Crippen LogP contribution in [0.4, 0.5) is 15.8 Å². The van der Waals surface area contributed by atoms with Crippen molar-refractivity contribution in [3.8, 4) is 0 Å². The third-order valence-corrected chi connectivity index (χ3v) is 4.93. The first-order chi connectivity index (χ1) is 11.0. The van der Waals surface area contributed by atoms with Crippen LogP contribution < -0.4 is 4.90 Å². The fraction of sp³-hybridized carbons (Fsp3) is 0.133. The molecule has 1 aliphatic rings. The number of benzene rings is 2. The van der Waals surface area contributed by atoms with E-state index in [0.717, 1.165) is 0 Å². The van der Waals surface area contributed by atoms with E-state index in [1.54, 1.807) is 18.2 Å². The van der Waals surface area contributed by atoms with Gasteiger partial charge in [-0.2, -0.15) is 0 Å². The van der Waals surface area contributed by atoms with Crippen molar-refractivity contribution < 1.29 is 14.1 Å². The van der Waals surface area contributed by atoms with Gasteiger partial charge in [-0.1, -0.05) is 23.7 Å². The Labute approximate surface area is 140 Å². The molecule has 118 valence electrons. The molecule has 8 heteroatoms. The Balaban J connectivity index is 2.07.